The van der Waals surface area contributed by atoms with Gasteiger partial charge in [0, 0.05) is 24.2 Å². The maximum atomic E-state index is 8.77. The maximum Gasteiger partial charge on any atom is 1.00 e. The predicted octanol–water partition coefficient (Wildman–Crippen LogP) is 2.80. The molecule has 0 aliphatic rings. The molecule has 0 aliphatic carbocycles. The van der Waals surface area contributed by atoms with Gasteiger partial charge in [-0.05, 0) is 68.5 Å². The summed E-state index contributed by atoms with van der Waals surface area (Å²) in [5, 5.41) is 0. The van der Waals surface area contributed by atoms with Crippen molar-refractivity contribution in [2.75, 3.05) is 13.1 Å². The van der Waals surface area contributed by atoms with E-state index in [9.17, 15) is 0 Å². The molecule has 2 N–H and O–H groups in total. The molecule has 0 saturated heterocycles. The van der Waals surface area contributed by atoms with Crippen LogP contribution in [0.15, 0.2) is 0 Å². The van der Waals surface area contributed by atoms with Gasteiger partial charge in [0.25, 0.3) is 7.82 Å². The highest BCUT2D eigenvalue weighted by molar-refractivity contribution is 7.43. The van der Waals surface area contributed by atoms with E-state index in [1.807, 2.05) is 0 Å². The summed E-state index contributed by atoms with van der Waals surface area (Å²) in [4.78, 5) is 27.8. The highest BCUT2D eigenvalue weighted by Crippen LogP contribution is 2.19. The first-order chi connectivity index (χ1) is 10.2. The molecule has 0 unspecified atom stereocenters. The molecule has 0 aliphatic heterocycles. The monoisotopic (exact) mass is 356 g/mol. The van der Waals surface area contributed by atoms with Crippen LogP contribution in [0.5, 0.6) is 0 Å². The Kier molecular flexibility index (Phi) is 17.4. The van der Waals surface area contributed by atoms with Gasteiger partial charge in [-0.15, -0.1) is 0 Å². The van der Waals surface area contributed by atoms with Crippen LogP contribution in [-0.4, -0.2) is 56.8 Å². The minimum absolute atomic E-state index is 0. The summed E-state index contributed by atoms with van der Waals surface area (Å²) in [5.74, 6) is 0. The molecule has 7 heteroatoms. The molecular formula is C16H41N2O4P. The van der Waals surface area contributed by atoms with Crippen LogP contribution in [0, 0.1) is 0 Å². The first kappa shape index (κ1) is 27.9. The second-order valence-corrected chi connectivity index (χ2v) is 7.51. The molecule has 0 spiro atoms. The Morgan fingerprint density at radius 3 is 0.913 bits per heavy atom. The van der Waals surface area contributed by atoms with Crippen LogP contribution < -0.4 is 4.89 Å². The first-order valence-corrected chi connectivity index (χ1v) is 9.99. The fourth-order valence-electron chi connectivity index (χ4n) is 2.65. The van der Waals surface area contributed by atoms with Gasteiger partial charge < -0.3 is 14.7 Å². The molecule has 23 heavy (non-hydrogen) atoms. The summed E-state index contributed by atoms with van der Waals surface area (Å²) in [7, 11) is -4.89. The fourth-order valence-corrected chi connectivity index (χ4v) is 2.65. The van der Waals surface area contributed by atoms with Gasteiger partial charge in [-0.1, -0.05) is 13.8 Å². The van der Waals surface area contributed by atoms with Crippen LogP contribution in [0.2, 0.25) is 0 Å². The molecule has 0 radical (unpaired) electrons. The van der Waals surface area contributed by atoms with E-state index < -0.39 is 7.82 Å². The minimum atomic E-state index is -4.89. The lowest BCUT2D eigenvalue weighted by Crippen LogP contribution is -2.36. The van der Waals surface area contributed by atoms with Gasteiger partial charge in [0.2, 0.25) is 0 Å². The molecule has 0 amide bonds. The molecule has 0 atom stereocenters. The van der Waals surface area contributed by atoms with E-state index in [-0.39, 0.29) is 1.43 Å². The van der Waals surface area contributed by atoms with Crippen molar-refractivity contribution in [1.82, 2.24) is 9.80 Å². The lowest BCUT2D eigenvalue weighted by molar-refractivity contribution is -0.214. The lowest BCUT2D eigenvalue weighted by Gasteiger charge is -2.28. The molecule has 0 aromatic carbocycles. The number of rotatable bonds is 6. The number of hydrogen-bond acceptors (Lipinski definition) is 4. The maximum absolute atomic E-state index is 8.77. The Bertz CT molecular complexity index is 266. The van der Waals surface area contributed by atoms with Crippen molar-refractivity contribution in [3.8, 4) is 0 Å². The first-order valence-electron chi connectivity index (χ1n) is 8.46. The van der Waals surface area contributed by atoms with Crippen LogP contribution in [-0.2, 0) is 4.57 Å². The highest BCUT2D eigenvalue weighted by atomic mass is 31.2. The van der Waals surface area contributed by atoms with Gasteiger partial charge in [0.05, 0.1) is 0 Å². The third-order valence-corrected chi connectivity index (χ3v) is 3.38. The molecule has 0 bridgehead atoms. The molecule has 0 fully saturated rings. The third kappa shape index (κ3) is 22.0. The van der Waals surface area contributed by atoms with Gasteiger partial charge in [0.15, 0.2) is 0 Å². The quantitative estimate of drug-likeness (QED) is 0.712. The Balaban J connectivity index is -0.000000128. The smallest absolute Gasteiger partial charge is 0.756 e. The second-order valence-electron chi connectivity index (χ2n) is 6.53. The number of nitrogens with zero attached hydrogens (tertiary/aromatic N) is 2. The molecule has 0 aromatic rings. The van der Waals surface area contributed by atoms with Crippen LogP contribution >= 0.6 is 7.82 Å². The summed E-state index contributed by atoms with van der Waals surface area (Å²) in [6, 6.07) is 2.76. The molecular weight excluding hydrogens is 315 g/mol. The van der Waals surface area contributed by atoms with Crippen LogP contribution in [0.3, 0.4) is 0 Å². The van der Waals surface area contributed by atoms with E-state index in [2.05, 4.69) is 79.0 Å². The number of phosphoric acid groups is 1. The zero-order chi connectivity index (χ0) is 19.4. The SMILES string of the molecule is CCN(C(C)C)C(C)C.CCN(C(C)C)C(C)C.O=P([O-])(O)O.[H+]. The summed E-state index contributed by atoms with van der Waals surface area (Å²) < 4.78 is 8.77. The molecule has 144 valence electrons. The molecule has 0 saturated carbocycles. The van der Waals surface area contributed by atoms with Crippen molar-refractivity contribution in [2.24, 2.45) is 0 Å². The fraction of sp³-hybridized carbons (Fsp3) is 1.00. The lowest BCUT2D eigenvalue weighted by atomic mass is 10.2. The van der Waals surface area contributed by atoms with Crippen LogP contribution in [0.25, 0.3) is 0 Å². The Labute approximate surface area is 145 Å². The van der Waals surface area contributed by atoms with E-state index in [4.69, 9.17) is 19.2 Å². The van der Waals surface area contributed by atoms with Crippen molar-refractivity contribution in [2.45, 2.75) is 93.4 Å². The zero-order valence-electron chi connectivity index (χ0n) is 17.8. The Morgan fingerprint density at radius 1 is 0.783 bits per heavy atom. The zero-order valence-corrected chi connectivity index (χ0v) is 17.7. The summed E-state index contributed by atoms with van der Waals surface area (Å²) >= 11 is 0. The van der Waals surface area contributed by atoms with Crippen LogP contribution in [0.4, 0.5) is 0 Å². The topological polar surface area (TPSA) is 87.1 Å². The van der Waals surface area contributed by atoms with Gasteiger partial charge >= 0.3 is 1.43 Å². The van der Waals surface area contributed by atoms with Crippen molar-refractivity contribution in [1.29, 1.82) is 0 Å². The summed E-state index contributed by atoms with van der Waals surface area (Å²) in [5.41, 5.74) is 0. The normalized spacial score (nSPS) is 12.0. The van der Waals surface area contributed by atoms with Crippen molar-refractivity contribution < 1.29 is 20.7 Å². The van der Waals surface area contributed by atoms with Crippen LogP contribution in [0.1, 0.15) is 70.7 Å². The molecule has 0 aromatic heterocycles. The van der Waals surface area contributed by atoms with E-state index in [1.165, 1.54) is 0 Å². The Hall–Kier alpha value is 0.0300. The highest BCUT2D eigenvalue weighted by Gasteiger charge is 2.09. The van der Waals surface area contributed by atoms with Gasteiger partial charge in [-0.3, -0.25) is 14.4 Å². The van der Waals surface area contributed by atoms with Gasteiger partial charge in [-0.25, -0.2) is 0 Å². The summed E-state index contributed by atoms with van der Waals surface area (Å²) in [6.45, 7) is 24.7. The number of hydrogen-bond donors (Lipinski definition) is 2. The average molecular weight is 356 g/mol. The average Bonchev–Trinajstić information content (AvgIpc) is 2.26. The van der Waals surface area contributed by atoms with Crippen molar-refractivity contribution in [3.05, 3.63) is 0 Å². The van der Waals surface area contributed by atoms with Gasteiger partial charge in [-0.2, -0.15) is 0 Å². The molecule has 6 nitrogen and oxygen atoms in total. The van der Waals surface area contributed by atoms with Crippen molar-refractivity contribution >= 4 is 7.82 Å². The van der Waals surface area contributed by atoms with E-state index in [0.717, 1.165) is 13.1 Å². The van der Waals surface area contributed by atoms with Gasteiger partial charge in [0.1, 0.15) is 0 Å². The van der Waals surface area contributed by atoms with E-state index in [1.54, 1.807) is 0 Å². The summed E-state index contributed by atoms with van der Waals surface area (Å²) in [6.07, 6.45) is 0. The second kappa shape index (κ2) is 14.4. The van der Waals surface area contributed by atoms with E-state index >= 15 is 0 Å². The molecule has 0 heterocycles. The largest absolute Gasteiger partial charge is 1.00 e. The van der Waals surface area contributed by atoms with Crippen molar-refractivity contribution in [3.63, 3.8) is 0 Å². The molecule has 0 rings (SSSR count). The predicted molar refractivity (Wildman–Crippen MR) is 98.5 cm³/mol. The van der Waals surface area contributed by atoms with E-state index in [0.29, 0.717) is 24.2 Å². The third-order valence-electron chi connectivity index (χ3n) is 3.38. The Morgan fingerprint density at radius 2 is 0.913 bits per heavy atom. The minimum Gasteiger partial charge on any atom is -0.756 e. The standard InChI is InChI=1S/2C8H19N.H3O4P/c2*1-6-9(7(2)3)8(4)5;1-5(2,3)4/h2*7-8H,6H2,1-5H3;(H3,1,2,3,4).